The molecule has 1 heterocycles. The fourth-order valence-electron chi connectivity index (χ4n) is 9.24. The predicted octanol–water partition coefficient (Wildman–Crippen LogP) is 14.1. The molecule has 12 aromatic rings. The van der Waals surface area contributed by atoms with Crippen molar-refractivity contribution in [2.45, 2.75) is 0 Å². The zero-order chi connectivity index (χ0) is 36.7. The molecule has 11 aromatic carbocycles. The zero-order valence-electron chi connectivity index (χ0n) is 30.2. The Morgan fingerprint density at radius 2 is 0.482 bits per heavy atom. The van der Waals surface area contributed by atoms with Crippen LogP contribution in [0.2, 0.25) is 0 Å². The van der Waals surface area contributed by atoms with Crippen molar-refractivity contribution >= 4 is 86.2 Å². The van der Waals surface area contributed by atoms with E-state index in [0.29, 0.717) is 17.5 Å². The van der Waals surface area contributed by atoms with Crippen LogP contribution in [-0.2, 0) is 0 Å². The van der Waals surface area contributed by atoms with Gasteiger partial charge in [0.1, 0.15) is 0 Å². The Balaban J connectivity index is 1.22. The van der Waals surface area contributed by atoms with Crippen LogP contribution in [0, 0.1) is 0 Å². The topological polar surface area (TPSA) is 38.7 Å². The molecule has 0 saturated carbocycles. The first-order chi connectivity index (χ1) is 27.8. The van der Waals surface area contributed by atoms with Crippen LogP contribution < -0.4 is 0 Å². The van der Waals surface area contributed by atoms with E-state index in [4.69, 9.17) is 15.0 Å². The van der Waals surface area contributed by atoms with Crippen molar-refractivity contribution in [1.82, 2.24) is 15.0 Å². The molecule has 3 nitrogen and oxygen atoms in total. The summed E-state index contributed by atoms with van der Waals surface area (Å²) >= 11 is 0. The lowest BCUT2D eigenvalue weighted by molar-refractivity contribution is 1.08. The van der Waals surface area contributed by atoms with E-state index in [1.807, 2.05) is 18.2 Å². The Morgan fingerprint density at radius 3 is 0.875 bits per heavy atom. The van der Waals surface area contributed by atoms with Crippen molar-refractivity contribution < 1.29 is 0 Å². The summed E-state index contributed by atoms with van der Waals surface area (Å²) in [5, 5.41) is 19.3. The van der Waals surface area contributed by atoms with Gasteiger partial charge in [0.25, 0.3) is 0 Å². The van der Waals surface area contributed by atoms with Gasteiger partial charge in [0.2, 0.25) is 0 Å². The summed E-state index contributed by atoms with van der Waals surface area (Å²) < 4.78 is 0. The third-order valence-electron chi connectivity index (χ3n) is 11.6. The fraction of sp³-hybridized carbons (Fsp3) is 0. The first-order valence-corrected chi connectivity index (χ1v) is 19.1. The van der Waals surface area contributed by atoms with Gasteiger partial charge in [-0.15, -0.1) is 0 Å². The molecule has 0 aliphatic heterocycles. The maximum atomic E-state index is 5.48. The van der Waals surface area contributed by atoms with E-state index in [0.717, 1.165) is 27.5 Å². The van der Waals surface area contributed by atoms with Crippen LogP contribution in [0.1, 0.15) is 0 Å². The minimum Gasteiger partial charge on any atom is -0.208 e. The van der Waals surface area contributed by atoms with Gasteiger partial charge in [0, 0.05) is 16.7 Å². The Hall–Kier alpha value is -7.49. The van der Waals surface area contributed by atoms with Crippen molar-refractivity contribution in [3.63, 3.8) is 0 Å². The molecule has 0 aliphatic carbocycles. The lowest BCUT2D eigenvalue weighted by Gasteiger charge is -2.17. The maximum Gasteiger partial charge on any atom is 0.164 e. The molecule has 0 saturated heterocycles. The molecule has 0 radical (unpaired) electrons. The predicted molar refractivity (Wildman–Crippen MR) is 236 cm³/mol. The van der Waals surface area contributed by atoms with Crippen LogP contribution >= 0.6 is 0 Å². The summed E-state index contributed by atoms with van der Waals surface area (Å²) in [6, 6.07) is 67.4. The fourth-order valence-corrected chi connectivity index (χ4v) is 9.24. The number of benzene rings is 11. The molecule has 3 heteroatoms. The Labute approximate surface area is 322 Å². The summed E-state index contributed by atoms with van der Waals surface area (Å²) in [5.74, 6) is 1.94. The molecule has 0 fully saturated rings. The molecule has 0 amide bonds. The number of aromatic nitrogens is 3. The van der Waals surface area contributed by atoms with Crippen molar-refractivity contribution in [1.29, 1.82) is 0 Å². The third kappa shape index (κ3) is 4.49. The van der Waals surface area contributed by atoms with Gasteiger partial charge in [0.15, 0.2) is 17.5 Å². The molecular formula is C53H31N3. The largest absolute Gasteiger partial charge is 0.208 e. The zero-order valence-corrected chi connectivity index (χ0v) is 30.2. The SMILES string of the molecule is c1ccc(-c2nc(-c3cc4c5ccccc5c5ccccc5c4c4ccccc34)nc(-c3cc4c5ccccc5c5ccccc5c4c4ccccc34)n2)cc1. The van der Waals surface area contributed by atoms with Gasteiger partial charge in [-0.25, -0.2) is 15.0 Å². The van der Waals surface area contributed by atoms with E-state index in [9.17, 15) is 0 Å². The Morgan fingerprint density at radius 1 is 0.214 bits per heavy atom. The standard InChI is InChI=1S/C53H31N3/c1-2-16-32(17-3-1)51-54-52(47-30-45-37-22-6-4-18-33(37)35-20-8-12-26-41(35)49(45)43-28-14-10-24-39(43)47)56-53(55-51)48-31-46-38-23-7-5-19-34(38)36-21-9-13-27-42(36)50(46)44-29-15-11-25-40(44)48/h1-31H. The van der Waals surface area contributed by atoms with Gasteiger partial charge in [-0.1, -0.05) is 176 Å². The van der Waals surface area contributed by atoms with E-state index >= 15 is 0 Å². The summed E-state index contributed by atoms with van der Waals surface area (Å²) in [5.41, 5.74) is 2.91. The highest BCUT2D eigenvalue weighted by molar-refractivity contribution is 6.34. The van der Waals surface area contributed by atoms with Gasteiger partial charge in [-0.3, -0.25) is 0 Å². The highest BCUT2D eigenvalue weighted by Crippen LogP contribution is 2.45. The van der Waals surface area contributed by atoms with E-state index in [-0.39, 0.29) is 0 Å². The molecule has 0 bridgehead atoms. The summed E-state index contributed by atoms with van der Waals surface area (Å²) in [6.45, 7) is 0. The number of rotatable bonds is 3. The number of nitrogens with zero attached hydrogens (tertiary/aromatic N) is 3. The monoisotopic (exact) mass is 709 g/mol. The Kier molecular flexibility index (Phi) is 6.63. The maximum absolute atomic E-state index is 5.48. The average molecular weight is 710 g/mol. The minimum absolute atomic E-state index is 0.644. The molecule has 0 atom stereocenters. The molecule has 12 rings (SSSR count). The van der Waals surface area contributed by atoms with Crippen LogP contribution in [0.5, 0.6) is 0 Å². The lowest BCUT2D eigenvalue weighted by Crippen LogP contribution is -2.01. The normalized spacial score (nSPS) is 11.9. The second-order valence-electron chi connectivity index (χ2n) is 14.6. The number of hydrogen-bond acceptors (Lipinski definition) is 3. The van der Waals surface area contributed by atoms with Crippen molar-refractivity contribution in [2.24, 2.45) is 0 Å². The van der Waals surface area contributed by atoms with Crippen LogP contribution in [0.3, 0.4) is 0 Å². The average Bonchev–Trinajstić information content (AvgIpc) is 3.28. The van der Waals surface area contributed by atoms with Crippen LogP contribution in [0.15, 0.2) is 188 Å². The summed E-state index contributed by atoms with van der Waals surface area (Å²) in [4.78, 5) is 16.1. The molecule has 0 spiro atoms. The second kappa shape index (κ2) is 12.0. The second-order valence-corrected chi connectivity index (χ2v) is 14.6. The molecule has 0 N–H and O–H groups in total. The summed E-state index contributed by atoms with van der Waals surface area (Å²) in [7, 11) is 0. The van der Waals surface area contributed by atoms with Crippen molar-refractivity contribution in [2.75, 3.05) is 0 Å². The first kappa shape index (κ1) is 30.9. The van der Waals surface area contributed by atoms with Crippen LogP contribution in [0.25, 0.3) is 120 Å². The Bertz CT molecular complexity index is 3370. The molecule has 0 unspecified atom stereocenters. The highest BCUT2D eigenvalue weighted by atomic mass is 15.0. The van der Waals surface area contributed by atoms with Crippen molar-refractivity contribution in [3.8, 4) is 34.2 Å². The van der Waals surface area contributed by atoms with Gasteiger partial charge in [-0.2, -0.15) is 0 Å². The van der Waals surface area contributed by atoms with Crippen molar-refractivity contribution in [3.05, 3.63) is 188 Å². The smallest absolute Gasteiger partial charge is 0.164 e. The van der Waals surface area contributed by atoms with Gasteiger partial charge >= 0.3 is 0 Å². The van der Waals surface area contributed by atoms with Gasteiger partial charge < -0.3 is 0 Å². The molecule has 258 valence electrons. The van der Waals surface area contributed by atoms with E-state index in [2.05, 4.69) is 170 Å². The highest BCUT2D eigenvalue weighted by Gasteiger charge is 2.21. The molecule has 56 heavy (non-hydrogen) atoms. The first-order valence-electron chi connectivity index (χ1n) is 19.1. The van der Waals surface area contributed by atoms with Gasteiger partial charge in [-0.05, 0) is 98.3 Å². The number of hydrogen-bond donors (Lipinski definition) is 0. The van der Waals surface area contributed by atoms with Gasteiger partial charge in [0.05, 0.1) is 0 Å². The quantitative estimate of drug-likeness (QED) is 0.171. The van der Waals surface area contributed by atoms with Crippen LogP contribution in [-0.4, -0.2) is 15.0 Å². The lowest BCUT2D eigenvalue weighted by atomic mass is 9.88. The third-order valence-corrected chi connectivity index (χ3v) is 11.6. The summed E-state index contributed by atoms with van der Waals surface area (Å²) in [6.07, 6.45) is 0. The number of fused-ring (bicyclic) bond motifs is 16. The molecule has 0 aliphatic rings. The van der Waals surface area contributed by atoms with E-state index in [1.54, 1.807) is 0 Å². The molecule has 1 aromatic heterocycles. The van der Waals surface area contributed by atoms with E-state index in [1.165, 1.54) is 75.4 Å². The van der Waals surface area contributed by atoms with E-state index < -0.39 is 0 Å². The molecular weight excluding hydrogens is 679 g/mol. The van der Waals surface area contributed by atoms with Crippen LogP contribution in [0.4, 0.5) is 0 Å². The minimum atomic E-state index is 0.644.